The number of imidazole rings is 1. The molecule has 0 aromatic carbocycles. The summed E-state index contributed by atoms with van der Waals surface area (Å²) in [5.41, 5.74) is 1.28. The molecule has 0 atom stereocenters. The highest BCUT2D eigenvalue weighted by Crippen LogP contribution is 2.37. The summed E-state index contributed by atoms with van der Waals surface area (Å²) in [5.74, 6) is 0.832. The van der Waals surface area contributed by atoms with Crippen LogP contribution < -0.4 is 10.1 Å². The summed E-state index contributed by atoms with van der Waals surface area (Å²) in [7, 11) is 0. The Morgan fingerprint density at radius 3 is 2.87 bits per heavy atom. The number of hydrogen-bond acceptors (Lipinski definition) is 6. The highest BCUT2D eigenvalue weighted by molar-refractivity contribution is 7.17. The second-order valence-corrected chi connectivity index (χ2v) is 7.02. The SMILES string of the molecule is CC(C)(C)Nc1c(-c2ccc(OC(=O)O)s2)nc2cnccn12. The molecule has 3 heterocycles. The zero-order valence-electron chi connectivity index (χ0n) is 12.9. The minimum Gasteiger partial charge on any atom is -0.449 e. The van der Waals surface area contributed by atoms with Crippen LogP contribution in [0.1, 0.15) is 20.8 Å². The highest BCUT2D eigenvalue weighted by Gasteiger charge is 2.20. The highest BCUT2D eigenvalue weighted by atomic mass is 32.1. The number of fused-ring (bicyclic) bond motifs is 1. The average Bonchev–Trinajstić information content (AvgIpc) is 3.02. The van der Waals surface area contributed by atoms with Crippen LogP contribution in [-0.4, -0.2) is 31.2 Å². The van der Waals surface area contributed by atoms with E-state index in [1.807, 2.05) is 10.6 Å². The predicted molar refractivity (Wildman–Crippen MR) is 88.3 cm³/mol. The molecule has 0 amide bonds. The largest absolute Gasteiger partial charge is 0.512 e. The third-order valence-corrected chi connectivity index (χ3v) is 3.90. The molecule has 0 saturated heterocycles. The summed E-state index contributed by atoms with van der Waals surface area (Å²) < 4.78 is 6.62. The summed E-state index contributed by atoms with van der Waals surface area (Å²) >= 11 is 1.23. The second kappa shape index (κ2) is 5.54. The molecule has 3 aromatic heterocycles. The van der Waals surface area contributed by atoms with Crippen LogP contribution in [0.15, 0.2) is 30.7 Å². The zero-order chi connectivity index (χ0) is 16.6. The van der Waals surface area contributed by atoms with Crippen LogP contribution in [0.4, 0.5) is 10.6 Å². The van der Waals surface area contributed by atoms with Gasteiger partial charge in [-0.3, -0.25) is 9.38 Å². The first kappa shape index (κ1) is 15.3. The number of rotatable bonds is 3. The van der Waals surface area contributed by atoms with Crippen molar-refractivity contribution in [2.24, 2.45) is 0 Å². The molecule has 3 aromatic rings. The number of aromatic nitrogens is 3. The van der Waals surface area contributed by atoms with Crippen molar-refractivity contribution in [2.75, 3.05) is 5.32 Å². The van der Waals surface area contributed by atoms with E-state index in [0.717, 1.165) is 16.4 Å². The molecule has 0 fully saturated rings. The van der Waals surface area contributed by atoms with E-state index in [9.17, 15) is 4.79 Å². The summed E-state index contributed by atoms with van der Waals surface area (Å²) in [6.07, 6.45) is 3.88. The van der Waals surface area contributed by atoms with E-state index in [4.69, 9.17) is 9.84 Å². The molecule has 7 nitrogen and oxygen atoms in total. The summed E-state index contributed by atoms with van der Waals surface area (Å²) in [4.78, 5) is 20.2. The molecule has 0 radical (unpaired) electrons. The molecule has 2 N–H and O–H groups in total. The number of hydrogen-bond donors (Lipinski definition) is 2. The quantitative estimate of drug-likeness (QED) is 0.711. The summed E-state index contributed by atoms with van der Waals surface area (Å²) in [5, 5.41) is 12.5. The maximum absolute atomic E-state index is 10.7. The normalized spacial score (nSPS) is 11.6. The Hall–Kier alpha value is -2.61. The van der Waals surface area contributed by atoms with E-state index in [2.05, 4.69) is 36.1 Å². The Balaban J connectivity index is 2.10. The van der Waals surface area contributed by atoms with Gasteiger partial charge < -0.3 is 15.2 Å². The van der Waals surface area contributed by atoms with Crippen molar-refractivity contribution in [1.82, 2.24) is 14.4 Å². The van der Waals surface area contributed by atoms with Crippen molar-refractivity contribution in [3.05, 3.63) is 30.7 Å². The molecule has 0 aliphatic carbocycles. The van der Waals surface area contributed by atoms with Crippen molar-refractivity contribution in [3.8, 4) is 15.6 Å². The number of thiophene rings is 1. The molecule has 23 heavy (non-hydrogen) atoms. The van der Waals surface area contributed by atoms with Gasteiger partial charge >= 0.3 is 6.16 Å². The third kappa shape index (κ3) is 3.26. The van der Waals surface area contributed by atoms with E-state index < -0.39 is 6.16 Å². The summed E-state index contributed by atoms with van der Waals surface area (Å²) in [6.45, 7) is 6.18. The van der Waals surface area contributed by atoms with Gasteiger partial charge in [0.05, 0.1) is 11.1 Å². The van der Waals surface area contributed by atoms with Gasteiger partial charge in [0, 0.05) is 17.9 Å². The fraction of sp³-hybridized carbons (Fsp3) is 0.267. The van der Waals surface area contributed by atoms with Crippen molar-refractivity contribution in [1.29, 1.82) is 0 Å². The lowest BCUT2D eigenvalue weighted by atomic mass is 10.1. The van der Waals surface area contributed by atoms with E-state index in [0.29, 0.717) is 10.7 Å². The monoisotopic (exact) mass is 332 g/mol. The predicted octanol–water partition coefficient (Wildman–Crippen LogP) is 3.73. The second-order valence-electron chi connectivity index (χ2n) is 5.98. The van der Waals surface area contributed by atoms with Crippen LogP contribution in [0.2, 0.25) is 0 Å². The Kier molecular flexibility index (Phi) is 3.69. The molecule has 0 aliphatic rings. The van der Waals surface area contributed by atoms with Gasteiger partial charge in [0.25, 0.3) is 0 Å². The lowest BCUT2D eigenvalue weighted by Crippen LogP contribution is -2.27. The number of carboxylic acid groups (broad SMARTS) is 1. The molecule has 0 saturated carbocycles. The number of nitrogens with zero attached hydrogens (tertiary/aromatic N) is 3. The topological polar surface area (TPSA) is 88.8 Å². The maximum Gasteiger partial charge on any atom is 0.512 e. The molecular weight excluding hydrogens is 316 g/mol. The third-order valence-electron chi connectivity index (χ3n) is 2.93. The maximum atomic E-state index is 10.7. The van der Waals surface area contributed by atoms with Crippen LogP contribution in [0.3, 0.4) is 0 Å². The van der Waals surface area contributed by atoms with Crippen LogP contribution >= 0.6 is 11.3 Å². The van der Waals surface area contributed by atoms with Gasteiger partial charge in [-0.1, -0.05) is 11.3 Å². The Morgan fingerprint density at radius 1 is 1.39 bits per heavy atom. The number of ether oxygens (including phenoxy) is 1. The van der Waals surface area contributed by atoms with Crippen molar-refractivity contribution in [2.45, 2.75) is 26.3 Å². The van der Waals surface area contributed by atoms with Gasteiger partial charge in [-0.2, -0.15) is 0 Å². The van der Waals surface area contributed by atoms with Crippen LogP contribution in [0.25, 0.3) is 16.2 Å². The zero-order valence-corrected chi connectivity index (χ0v) is 13.7. The lowest BCUT2D eigenvalue weighted by Gasteiger charge is -2.22. The average molecular weight is 332 g/mol. The fourth-order valence-corrected chi connectivity index (χ4v) is 2.98. The smallest absolute Gasteiger partial charge is 0.449 e. The lowest BCUT2D eigenvalue weighted by molar-refractivity contribution is 0.146. The Bertz CT molecular complexity index is 863. The molecule has 0 unspecified atom stereocenters. The first-order valence-electron chi connectivity index (χ1n) is 6.95. The standard InChI is InChI=1S/C15H16N4O3S/c1-15(2,3)18-13-12(17-10-8-16-6-7-19(10)13)9-4-5-11(23-9)22-14(20)21/h4-8,18H,1-3H3,(H,20,21). The number of anilines is 1. The van der Waals surface area contributed by atoms with Gasteiger partial charge in [-0.05, 0) is 32.9 Å². The number of carbonyl (C=O) groups is 1. The molecule has 0 bridgehead atoms. The van der Waals surface area contributed by atoms with Crippen LogP contribution in [0.5, 0.6) is 5.06 Å². The first-order chi connectivity index (χ1) is 10.8. The molecule has 120 valence electrons. The molecule has 0 spiro atoms. The van der Waals surface area contributed by atoms with Gasteiger partial charge in [-0.15, -0.1) is 0 Å². The van der Waals surface area contributed by atoms with Gasteiger partial charge in [-0.25, -0.2) is 9.78 Å². The fourth-order valence-electron chi connectivity index (χ4n) is 2.14. The minimum atomic E-state index is -1.33. The van der Waals surface area contributed by atoms with Crippen LogP contribution in [0, 0.1) is 0 Å². The Morgan fingerprint density at radius 2 is 2.17 bits per heavy atom. The van der Waals surface area contributed by atoms with E-state index in [1.165, 1.54) is 11.3 Å². The molecule has 0 aliphatic heterocycles. The summed E-state index contributed by atoms with van der Waals surface area (Å²) in [6, 6.07) is 3.42. The van der Waals surface area contributed by atoms with Gasteiger partial charge in [0.15, 0.2) is 10.7 Å². The van der Waals surface area contributed by atoms with Crippen molar-refractivity contribution >= 4 is 29.0 Å². The number of nitrogens with one attached hydrogen (secondary N) is 1. The van der Waals surface area contributed by atoms with E-state index >= 15 is 0 Å². The Labute approximate surface area is 136 Å². The van der Waals surface area contributed by atoms with Crippen molar-refractivity contribution in [3.63, 3.8) is 0 Å². The van der Waals surface area contributed by atoms with Crippen molar-refractivity contribution < 1.29 is 14.6 Å². The minimum absolute atomic E-state index is 0.161. The molecule has 3 rings (SSSR count). The van der Waals surface area contributed by atoms with E-state index in [1.54, 1.807) is 24.5 Å². The van der Waals surface area contributed by atoms with Gasteiger partial charge in [0.1, 0.15) is 11.5 Å². The first-order valence-corrected chi connectivity index (χ1v) is 7.76. The molecular formula is C15H16N4O3S. The van der Waals surface area contributed by atoms with E-state index in [-0.39, 0.29) is 5.54 Å². The van der Waals surface area contributed by atoms with Crippen LogP contribution in [-0.2, 0) is 0 Å². The van der Waals surface area contributed by atoms with Gasteiger partial charge in [0.2, 0.25) is 0 Å². The molecule has 8 heteroatoms.